The van der Waals surface area contributed by atoms with Crippen molar-refractivity contribution in [2.75, 3.05) is 7.11 Å². The summed E-state index contributed by atoms with van der Waals surface area (Å²) < 4.78 is 37.0. The molecule has 0 bridgehead atoms. The Labute approximate surface area is 117 Å². The highest BCUT2D eigenvalue weighted by molar-refractivity contribution is 7.89. The predicted octanol–water partition coefficient (Wildman–Crippen LogP) is 1.78. The summed E-state index contributed by atoms with van der Waals surface area (Å²) in [6.07, 6.45) is 0. The van der Waals surface area contributed by atoms with Crippen LogP contribution in [0.2, 0.25) is 0 Å². The molecule has 0 atom stereocenters. The molecule has 0 unspecified atom stereocenters. The summed E-state index contributed by atoms with van der Waals surface area (Å²) in [5, 5.41) is 0. The number of nitrogens with one attached hydrogen (secondary N) is 1. The van der Waals surface area contributed by atoms with E-state index < -0.39 is 10.0 Å². The minimum absolute atomic E-state index is 0.0705. The number of aromatic nitrogens is 1. The lowest BCUT2D eigenvalue weighted by atomic mass is 10.3. The first kappa shape index (κ1) is 14.5. The minimum Gasteiger partial charge on any atom is -0.497 e. The third-order valence-electron chi connectivity index (χ3n) is 2.79. The Bertz CT molecular complexity index is 690. The number of nitrogens with zero attached hydrogens (tertiary/aromatic N) is 1. The molecule has 1 aromatic carbocycles. The molecule has 1 heterocycles. The Morgan fingerprint density at radius 3 is 2.40 bits per heavy atom. The van der Waals surface area contributed by atoms with E-state index in [4.69, 9.17) is 9.15 Å². The molecule has 0 aliphatic rings. The van der Waals surface area contributed by atoms with E-state index in [2.05, 4.69) is 9.71 Å². The van der Waals surface area contributed by atoms with E-state index in [1.54, 1.807) is 26.0 Å². The lowest BCUT2D eigenvalue weighted by Crippen LogP contribution is -2.23. The van der Waals surface area contributed by atoms with Gasteiger partial charge in [0.15, 0.2) is 5.89 Å². The average molecular weight is 296 g/mol. The van der Waals surface area contributed by atoms with Gasteiger partial charge in [-0.05, 0) is 31.2 Å². The first-order chi connectivity index (χ1) is 9.42. The maximum Gasteiger partial charge on any atom is 0.240 e. The van der Waals surface area contributed by atoms with Crippen molar-refractivity contribution in [1.82, 2.24) is 9.71 Å². The van der Waals surface area contributed by atoms with Crippen LogP contribution in [0.15, 0.2) is 33.6 Å². The zero-order chi connectivity index (χ0) is 14.8. The van der Waals surface area contributed by atoms with Crippen molar-refractivity contribution in [2.45, 2.75) is 25.3 Å². The second kappa shape index (κ2) is 5.64. The number of benzene rings is 1. The van der Waals surface area contributed by atoms with Crippen LogP contribution in [0.25, 0.3) is 0 Å². The molecule has 0 saturated carbocycles. The van der Waals surface area contributed by atoms with Crippen LogP contribution >= 0.6 is 0 Å². The molecule has 0 spiro atoms. The quantitative estimate of drug-likeness (QED) is 0.909. The maximum atomic E-state index is 12.1. The molecule has 0 radical (unpaired) electrons. The van der Waals surface area contributed by atoms with Crippen molar-refractivity contribution >= 4 is 10.0 Å². The van der Waals surface area contributed by atoms with Crippen LogP contribution in [0.5, 0.6) is 5.75 Å². The van der Waals surface area contributed by atoms with Crippen molar-refractivity contribution in [3.05, 3.63) is 41.6 Å². The molecule has 0 amide bonds. The first-order valence-electron chi connectivity index (χ1n) is 5.99. The van der Waals surface area contributed by atoms with Crippen molar-refractivity contribution in [2.24, 2.45) is 0 Å². The minimum atomic E-state index is -3.58. The summed E-state index contributed by atoms with van der Waals surface area (Å²) in [5.74, 6) is 1.63. The van der Waals surface area contributed by atoms with Crippen LogP contribution in [0.3, 0.4) is 0 Å². The van der Waals surface area contributed by atoms with Gasteiger partial charge in [0.05, 0.1) is 24.2 Å². The Kier molecular flexibility index (Phi) is 4.10. The summed E-state index contributed by atoms with van der Waals surface area (Å²) in [4.78, 5) is 4.26. The van der Waals surface area contributed by atoms with Crippen LogP contribution < -0.4 is 9.46 Å². The van der Waals surface area contributed by atoms with Gasteiger partial charge in [0.2, 0.25) is 10.0 Å². The lowest BCUT2D eigenvalue weighted by Gasteiger charge is -2.06. The van der Waals surface area contributed by atoms with E-state index in [-0.39, 0.29) is 11.4 Å². The summed E-state index contributed by atoms with van der Waals surface area (Å²) in [6.45, 7) is 3.56. The Morgan fingerprint density at radius 2 is 1.90 bits per heavy atom. The van der Waals surface area contributed by atoms with Crippen molar-refractivity contribution in [1.29, 1.82) is 0 Å². The van der Waals surface area contributed by atoms with Crippen molar-refractivity contribution in [3.8, 4) is 5.75 Å². The monoisotopic (exact) mass is 296 g/mol. The topological polar surface area (TPSA) is 81.4 Å². The molecule has 0 saturated heterocycles. The summed E-state index contributed by atoms with van der Waals surface area (Å²) in [6, 6.07) is 6.16. The standard InChI is InChI=1S/C13H16N2O4S/c1-9-13(19-10(2)15-9)8-14-20(16,17)12-6-4-11(18-3)5-7-12/h4-7,14H,8H2,1-3H3. The number of hydrogen-bond acceptors (Lipinski definition) is 5. The van der Waals surface area contributed by atoms with Gasteiger partial charge < -0.3 is 9.15 Å². The molecule has 0 fully saturated rings. The number of aryl methyl sites for hydroxylation is 2. The zero-order valence-electron chi connectivity index (χ0n) is 11.5. The van der Waals surface area contributed by atoms with E-state index in [1.165, 1.54) is 19.2 Å². The molecule has 1 aromatic heterocycles. The largest absolute Gasteiger partial charge is 0.497 e. The number of methoxy groups -OCH3 is 1. The zero-order valence-corrected chi connectivity index (χ0v) is 12.3. The number of sulfonamides is 1. The molecule has 1 N–H and O–H groups in total. The SMILES string of the molecule is COc1ccc(S(=O)(=O)NCc2oc(C)nc2C)cc1. The van der Waals surface area contributed by atoms with Crippen molar-refractivity contribution < 1.29 is 17.6 Å². The van der Waals surface area contributed by atoms with Gasteiger partial charge >= 0.3 is 0 Å². The van der Waals surface area contributed by atoms with Crippen molar-refractivity contribution in [3.63, 3.8) is 0 Å². The second-order valence-electron chi connectivity index (χ2n) is 4.24. The molecule has 20 heavy (non-hydrogen) atoms. The smallest absolute Gasteiger partial charge is 0.240 e. The highest BCUT2D eigenvalue weighted by Gasteiger charge is 2.16. The highest BCUT2D eigenvalue weighted by Crippen LogP contribution is 2.16. The number of hydrogen-bond donors (Lipinski definition) is 1. The molecule has 0 aliphatic heterocycles. The highest BCUT2D eigenvalue weighted by atomic mass is 32.2. The van der Waals surface area contributed by atoms with Crippen LogP contribution in [-0.2, 0) is 16.6 Å². The second-order valence-corrected chi connectivity index (χ2v) is 6.01. The molecule has 2 aromatic rings. The molecular formula is C13H16N2O4S. The average Bonchev–Trinajstić information content (AvgIpc) is 2.75. The van der Waals surface area contributed by atoms with Crippen LogP contribution in [-0.4, -0.2) is 20.5 Å². The third-order valence-corrected chi connectivity index (χ3v) is 4.21. The summed E-state index contributed by atoms with van der Waals surface area (Å²) >= 11 is 0. The van der Waals surface area contributed by atoms with Gasteiger partial charge in [-0.15, -0.1) is 0 Å². The third kappa shape index (κ3) is 3.17. The Morgan fingerprint density at radius 1 is 1.25 bits per heavy atom. The molecule has 108 valence electrons. The van der Waals surface area contributed by atoms with Gasteiger partial charge in [-0.1, -0.05) is 0 Å². The van der Waals surface area contributed by atoms with Gasteiger partial charge in [-0.2, -0.15) is 0 Å². The van der Waals surface area contributed by atoms with Gasteiger partial charge in [0.25, 0.3) is 0 Å². The van der Waals surface area contributed by atoms with Gasteiger partial charge in [-0.25, -0.2) is 18.1 Å². The van der Waals surface area contributed by atoms with Gasteiger partial charge in [0, 0.05) is 6.92 Å². The van der Waals surface area contributed by atoms with E-state index in [0.717, 1.165) is 0 Å². The molecule has 6 nitrogen and oxygen atoms in total. The number of rotatable bonds is 5. The lowest BCUT2D eigenvalue weighted by molar-refractivity contribution is 0.414. The van der Waals surface area contributed by atoms with E-state index in [1.807, 2.05) is 0 Å². The normalized spacial score (nSPS) is 11.6. The summed E-state index contributed by atoms with van der Waals surface area (Å²) in [5.41, 5.74) is 0.680. The van der Waals surface area contributed by atoms with E-state index in [9.17, 15) is 8.42 Å². The van der Waals surface area contributed by atoms with E-state index in [0.29, 0.717) is 23.1 Å². The van der Waals surface area contributed by atoms with Crippen LogP contribution in [0.1, 0.15) is 17.3 Å². The Balaban J connectivity index is 2.12. The maximum absolute atomic E-state index is 12.1. The van der Waals surface area contributed by atoms with Crippen LogP contribution in [0.4, 0.5) is 0 Å². The fraction of sp³-hybridized carbons (Fsp3) is 0.308. The molecular weight excluding hydrogens is 280 g/mol. The van der Waals surface area contributed by atoms with Gasteiger partial charge in [0.1, 0.15) is 11.5 Å². The Hall–Kier alpha value is -1.86. The fourth-order valence-electron chi connectivity index (χ4n) is 1.74. The van der Waals surface area contributed by atoms with E-state index >= 15 is 0 Å². The fourth-order valence-corrected chi connectivity index (χ4v) is 2.72. The number of oxazole rings is 1. The summed E-state index contributed by atoms with van der Waals surface area (Å²) in [7, 11) is -2.06. The molecule has 2 rings (SSSR count). The number of ether oxygens (including phenoxy) is 1. The predicted molar refractivity (Wildman–Crippen MR) is 73.0 cm³/mol. The molecule has 0 aliphatic carbocycles. The van der Waals surface area contributed by atoms with Crippen LogP contribution in [0, 0.1) is 13.8 Å². The van der Waals surface area contributed by atoms with Gasteiger partial charge in [-0.3, -0.25) is 0 Å². The molecule has 7 heteroatoms. The first-order valence-corrected chi connectivity index (χ1v) is 7.47.